The Morgan fingerprint density at radius 3 is 1.83 bits per heavy atom. The van der Waals surface area contributed by atoms with Crippen LogP contribution in [0.2, 0.25) is 0 Å². The van der Waals surface area contributed by atoms with E-state index in [0.717, 1.165) is 49.9 Å². The average molecular weight is 510 g/mol. The van der Waals surface area contributed by atoms with Crippen LogP contribution in [0.3, 0.4) is 0 Å². The number of amides is 1. The van der Waals surface area contributed by atoms with Gasteiger partial charge in [0.15, 0.2) is 0 Å². The Hall–Kier alpha value is -1.14. The van der Waals surface area contributed by atoms with E-state index in [1.807, 2.05) is 0 Å². The Morgan fingerprint density at radius 2 is 1.40 bits per heavy atom. The first kappa shape index (κ1) is 31.9. The number of rotatable bonds is 11. The van der Waals surface area contributed by atoms with E-state index < -0.39 is 5.54 Å². The third-order valence-corrected chi connectivity index (χ3v) is 8.27. The normalized spacial score (nSPS) is 18.5. The number of quaternary nitrogens is 1. The Bertz CT molecular complexity index is 785. The molecule has 1 amide bonds. The molecule has 1 aromatic carbocycles. The predicted molar refractivity (Wildman–Crippen MR) is 142 cm³/mol. The number of nitrogens with zero attached hydrogens (tertiary/aromatic N) is 3. The molecule has 0 atom stereocenters. The van der Waals surface area contributed by atoms with Gasteiger partial charge < -0.3 is 21.8 Å². The lowest BCUT2D eigenvalue weighted by molar-refractivity contribution is -0.936. The summed E-state index contributed by atoms with van der Waals surface area (Å²) in [6.45, 7) is 27.7. The van der Waals surface area contributed by atoms with Gasteiger partial charge in [-0.2, -0.15) is 5.06 Å². The molecular weight excluding hydrogens is 458 g/mol. The summed E-state index contributed by atoms with van der Waals surface area (Å²) < 4.78 is 1.13. The van der Waals surface area contributed by atoms with Gasteiger partial charge in [0.05, 0.1) is 31.8 Å². The van der Waals surface area contributed by atoms with E-state index in [-0.39, 0.29) is 29.4 Å². The maximum atomic E-state index is 13.7. The van der Waals surface area contributed by atoms with Gasteiger partial charge in [0.25, 0.3) is 0 Å². The molecule has 1 aromatic rings. The van der Waals surface area contributed by atoms with Crippen molar-refractivity contribution in [2.24, 2.45) is 0 Å². The van der Waals surface area contributed by atoms with Gasteiger partial charge in [-0.1, -0.05) is 38.1 Å². The predicted octanol–water partition coefficient (Wildman–Crippen LogP) is 2.82. The van der Waals surface area contributed by atoms with E-state index in [9.17, 15) is 4.79 Å². The number of piperazine rings is 1. The highest BCUT2D eigenvalue weighted by molar-refractivity contribution is 5.88. The van der Waals surface area contributed by atoms with Crippen LogP contribution < -0.4 is 12.4 Å². The molecule has 1 heterocycles. The van der Waals surface area contributed by atoms with Gasteiger partial charge in [0.1, 0.15) is 12.1 Å². The summed E-state index contributed by atoms with van der Waals surface area (Å²) >= 11 is 0. The van der Waals surface area contributed by atoms with Gasteiger partial charge in [-0.05, 0) is 80.2 Å². The fraction of sp³-hybridized carbons (Fsp3) is 0.759. The molecule has 0 spiro atoms. The minimum Gasteiger partial charge on any atom is -1.00 e. The SMILES string of the molecule is CCC1(CC)C(=O)N(C(C)(C)C)CC(C)(C)N1OCCc1ccc(C[N+](CC)(CC)CC)cc1.[Cl-]. The summed E-state index contributed by atoms with van der Waals surface area (Å²) in [7, 11) is 0. The molecular formula is C29H52ClN3O2. The average Bonchev–Trinajstić information content (AvgIpc) is 2.80. The highest BCUT2D eigenvalue weighted by atomic mass is 35.5. The Balaban J connectivity index is 0.00000612. The summed E-state index contributed by atoms with van der Waals surface area (Å²) in [6.07, 6.45) is 2.31. The lowest BCUT2D eigenvalue weighted by Gasteiger charge is -2.58. The van der Waals surface area contributed by atoms with Crippen molar-refractivity contribution in [2.75, 3.05) is 32.8 Å². The van der Waals surface area contributed by atoms with Crippen molar-refractivity contribution >= 4 is 5.91 Å². The van der Waals surface area contributed by atoms with Crippen LogP contribution >= 0.6 is 0 Å². The van der Waals surface area contributed by atoms with Gasteiger partial charge >= 0.3 is 0 Å². The number of carbonyl (C=O) groups is 1. The maximum absolute atomic E-state index is 13.7. The van der Waals surface area contributed by atoms with Crippen LogP contribution in [0, 0.1) is 0 Å². The molecule has 2 rings (SSSR count). The van der Waals surface area contributed by atoms with E-state index in [1.165, 1.54) is 11.1 Å². The molecule has 0 saturated carbocycles. The van der Waals surface area contributed by atoms with Crippen LogP contribution in [0.15, 0.2) is 24.3 Å². The maximum Gasteiger partial charge on any atom is 0.245 e. The smallest absolute Gasteiger partial charge is 0.245 e. The van der Waals surface area contributed by atoms with Gasteiger partial charge in [-0.15, -0.1) is 0 Å². The number of hydroxylamine groups is 2. The summed E-state index contributed by atoms with van der Waals surface area (Å²) in [6, 6.07) is 9.05. The third-order valence-electron chi connectivity index (χ3n) is 8.27. The second-order valence-corrected chi connectivity index (χ2v) is 11.8. The minimum atomic E-state index is -0.624. The molecule has 1 saturated heterocycles. The monoisotopic (exact) mass is 509 g/mol. The molecule has 6 heteroatoms. The van der Waals surface area contributed by atoms with Gasteiger partial charge in [0.2, 0.25) is 5.91 Å². The van der Waals surface area contributed by atoms with Crippen molar-refractivity contribution in [1.82, 2.24) is 9.96 Å². The molecule has 1 fully saturated rings. The number of carbonyl (C=O) groups excluding carboxylic acids is 1. The molecule has 0 unspecified atom stereocenters. The summed E-state index contributed by atoms with van der Waals surface area (Å²) in [5, 5.41) is 2.05. The van der Waals surface area contributed by atoms with Gasteiger partial charge in [0, 0.05) is 17.6 Å². The van der Waals surface area contributed by atoms with Gasteiger partial charge in [-0.25, -0.2) is 0 Å². The van der Waals surface area contributed by atoms with Crippen molar-refractivity contribution in [3.8, 4) is 0 Å². The first-order valence-corrected chi connectivity index (χ1v) is 13.5. The summed E-state index contributed by atoms with van der Waals surface area (Å²) in [5.41, 5.74) is 1.58. The topological polar surface area (TPSA) is 32.8 Å². The molecule has 0 N–H and O–H groups in total. The van der Waals surface area contributed by atoms with Crippen molar-refractivity contribution < 1.29 is 26.5 Å². The summed E-state index contributed by atoms with van der Waals surface area (Å²) in [4.78, 5) is 22.2. The zero-order valence-corrected chi connectivity index (χ0v) is 25.0. The lowest BCUT2D eigenvalue weighted by Crippen LogP contribution is -3.00. The Labute approximate surface area is 222 Å². The standard InChI is InChI=1S/C29H52N3O2.ClH/c1-11-29(12-2)26(33)30(27(6,7)8)23-28(9,10)31(29)34-21-20-24-16-18-25(19-17-24)22-32(13-3,14-4)15-5;/h16-19H,11-15,20-23H2,1-10H3;1H/q+1;/p-1. The molecule has 0 bridgehead atoms. The van der Waals surface area contributed by atoms with E-state index in [4.69, 9.17) is 4.84 Å². The molecule has 0 radical (unpaired) electrons. The summed E-state index contributed by atoms with van der Waals surface area (Å²) in [5.74, 6) is 0.193. The van der Waals surface area contributed by atoms with E-state index >= 15 is 0 Å². The largest absolute Gasteiger partial charge is 1.00 e. The molecule has 1 aliphatic heterocycles. The zero-order chi connectivity index (χ0) is 25.8. The zero-order valence-electron chi connectivity index (χ0n) is 24.2. The first-order valence-electron chi connectivity index (χ1n) is 13.5. The number of hydrogen-bond donors (Lipinski definition) is 0. The lowest BCUT2D eigenvalue weighted by atomic mass is 9.80. The first-order chi connectivity index (χ1) is 15.8. The third kappa shape index (κ3) is 6.80. The fourth-order valence-corrected chi connectivity index (χ4v) is 5.58. The van der Waals surface area contributed by atoms with Crippen LogP contribution in [-0.2, 0) is 22.6 Å². The van der Waals surface area contributed by atoms with Crippen molar-refractivity contribution in [3.63, 3.8) is 0 Å². The second-order valence-electron chi connectivity index (χ2n) is 11.8. The Morgan fingerprint density at radius 1 is 0.914 bits per heavy atom. The van der Waals surface area contributed by atoms with Gasteiger partial charge in [-0.3, -0.25) is 9.63 Å². The molecule has 202 valence electrons. The molecule has 1 aliphatic rings. The van der Waals surface area contributed by atoms with Crippen molar-refractivity contribution in [1.29, 1.82) is 0 Å². The van der Waals surface area contributed by atoms with Crippen LogP contribution in [0.5, 0.6) is 0 Å². The molecule has 5 nitrogen and oxygen atoms in total. The van der Waals surface area contributed by atoms with Crippen LogP contribution in [-0.4, -0.2) is 69.8 Å². The second kappa shape index (κ2) is 12.4. The molecule has 0 aromatic heterocycles. The van der Waals surface area contributed by atoms with Crippen LogP contribution in [0.1, 0.15) is 93.2 Å². The highest BCUT2D eigenvalue weighted by Gasteiger charge is 2.56. The van der Waals surface area contributed by atoms with E-state index in [1.54, 1.807) is 0 Å². The quantitative estimate of drug-likeness (QED) is 0.430. The fourth-order valence-electron chi connectivity index (χ4n) is 5.58. The van der Waals surface area contributed by atoms with E-state index in [2.05, 4.69) is 103 Å². The van der Waals surface area contributed by atoms with Crippen LogP contribution in [0.4, 0.5) is 0 Å². The van der Waals surface area contributed by atoms with Crippen LogP contribution in [0.25, 0.3) is 0 Å². The number of halogens is 1. The Kier molecular flexibility index (Phi) is 11.3. The highest BCUT2D eigenvalue weighted by Crippen LogP contribution is 2.40. The van der Waals surface area contributed by atoms with Crippen molar-refractivity contribution in [3.05, 3.63) is 35.4 Å². The van der Waals surface area contributed by atoms with E-state index in [0.29, 0.717) is 13.2 Å². The molecule has 0 aliphatic carbocycles. The number of benzene rings is 1. The minimum absolute atomic E-state index is 0. The molecule has 35 heavy (non-hydrogen) atoms. The van der Waals surface area contributed by atoms with Crippen molar-refractivity contribution in [2.45, 2.75) is 112 Å². The number of hydrogen-bond acceptors (Lipinski definition) is 3.